The third kappa shape index (κ3) is 3.35. The summed E-state index contributed by atoms with van der Waals surface area (Å²) in [5.41, 5.74) is 0. The molecule has 128 valence electrons. The van der Waals surface area contributed by atoms with Gasteiger partial charge in [-0.15, -0.1) is 22.7 Å². The molecule has 2 fully saturated rings. The fourth-order valence-electron chi connectivity index (χ4n) is 2.93. The van der Waals surface area contributed by atoms with Crippen LogP contribution < -0.4 is 9.80 Å². The molecule has 0 aliphatic carbocycles. The normalized spacial score (nSPS) is 18.8. The minimum absolute atomic E-state index is 0.129. The molecule has 0 spiro atoms. The van der Waals surface area contributed by atoms with Gasteiger partial charge in [-0.2, -0.15) is 0 Å². The molecule has 7 heteroatoms. The topological polar surface area (TPSA) is 42.0 Å². The van der Waals surface area contributed by atoms with Crippen LogP contribution in [-0.2, 0) is 9.47 Å². The molecule has 0 unspecified atom stereocenters. The van der Waals surface area contributed by atoms with Crippen molar-refractivity contribution in [1.82, 2.24) is 0 Å². The van der Waals surface area contributed by atoms with Crippen LogP contribution >= 0.6 is 22.7 Å². The molecule has 0 atom stereocenters. The second-order valence-electron chi connectivity index (χ2n) is 5.80. The molecule has 4 heterocycles. The van der Waals surface area contributed by atoms with Crippen molar-refractivity contribution in [3.8, 4) is 0 Å². The van der Waals surface area contributed by atoms with Crippen LogP contribution in [0.2, 0.25) is 0 Å². The average Bonchev–Trinajstić information content (AvgIpc) is 3.33. The van der Waals surface area contributed by atoms with Gasteiger partial charge in [0.2, 0.25) is 5.78 Å². The highest BCUT2D eigenvalue weighted by molar-refractivity contribution is 7.21. The van der Waals surface area contributed by atoms with Crippen molar-refractivity contribution < 1.29 is 14.3 Å². The van der Waals surface area contributed by atoms with E-state index in [9.17, 15) is 4.79 Å². The molecule has 2 aromatic heterocycles. The molecular weight excluding hydrogens is 344 g/mol. The number of rotatable bonds is 4. The van der Waals surface area contributed by atoms with Crippen molar-refractivity contribution in [2.24, 2.45) is 0 Å². The molecule has 0 aromatic carbocycles. The Hall–Kier alpha value is -1.41. The van der Waals surface area contributed by atoms with Gasteiger partial charge in [-0.1, -0.05) is 0 Å². The number of carbonyl (C=O) groups excluding carboxylic acids is 1. The molecule has 2 aromatic rings. The summed E-state index contributed by atoms with van der Waals surface area (Å²) >= 11 is 3.16. The Morgan fingerprint density at radius 2 is 1.17 bits per heavy atom. The van der Waals surface area contributed by atoms with Crippen molar-refractivity contribution in [3.05, 3.63) is 34.0 Å². The van der Waals surface area contributed by atoms with E-state index in [1.807, 2.05) is 12.1 Å². The number of ether oxygens (including phenoxy) is 2. The summed E-state index contributed by atoms with van der Waals surface area (Å²) in [6, 6.07) is 8.01. The molecule has 2 aliphatic heterocycles. The highest BCUT2D eigenvalue weighted by Crippen LogP contribution is 2.32. The molecule has 0 saturated carbocycles. The lowest BCUT2D eigenvalue weighted by molar-refractivity contribution is 0.104. The number of morpholine rings is 2. The van der Waals surface area contributed by atoms with Gasteiger partial charge in [0.1, 0.15) is 0 Å². The maximum absolute atomic E-state index is 12.8. The second kappa shape index (κ2) is 7.23. The highest BCUT2D eigenvalue weighted by atomic mass is 32.1. The smallest absolute Gasteiger partial charge is 0.213 e. The monoisotopic (exact) mass is 364 g/mol. The highest BCUT2D eigenvalue weighted by Gasteiger charge is 2.20. The Morgan fingerprint density at radius 1 is 0.750 bits per heavy atom. The molecule has 24 heavy (non-hydrogen) atoms. The predicted molar refractivity (Wildman–Crippen MR) is 98.1 cm³/mol. The standard InChI is InChI=1S/C17H20N2O3S2/c20-17(13-1-3-15(23-13)18-5-9-21-10-6-18)14-2-4-16(24-14)19-7-11-22-12-8-19/h1-4H,5-12H2. The van der Waals surface area contributed by atoms with Gasteiger partial charge < -0.3 is 19.3 Å². The van der Waals surface area contributed by atoms with E-state index in [2.05, 4.69) is 21.9 Å². The van der Waals surface area contributed by atoms with E-state index in [0.29, 0.717) is 0 Å². The van der Waals surface area contributed by atoms with Gasteiger partial charge in [0.25, 0.3) is 0 Å². The largest absolute Gasteiger partial charge is 0.378 e. The van der Waals surface area contributed by atoms with E-state index in [0.717, 1.165) is 72.4 Å². The quantitative estimate of drug-likeness (QED) is 0.781. The lowest BCUT2D eigenvalue weighted by Crippen LogP contribution is -2.35. The summed E-state index contributed by atoms with van der Waals surface area (Å²) in [6.45, 7) is 6.62. The van der Waals surface area contributed by atoms with Crippen LogP contribution in [0.3, 0.4) is 0 Å². The Bertz CT molecular complexity index is 642. The first kappa shape index (κ1) is 16.1. The van der Waals surface area contributed by atoms with Crippen LogP contribution in [0.1, 0.15) is 14.5 Å². The zero-order valence-electron chi connectivity index (χ0n) is 13.4. The maximum Gasteiger partial charge on any atom is 0.213 e. The Labute approximate surface area is 149 Å². The summed E-state index contributed by atoms with van der Waals surface area (Å²) in [5, 5.41) is 2.32. The van der Waals surface area contributed by atoms with Crippen molar-refractivity contribution in [3.63, 3.8) is 0 Å². The SMILES string of the molecule is O=C(c1ccc(N2CCOCC2)s1)c1ccc(N2CCOCC2)s1. The third-order valence-electron chi connectivity index (χ3n) is 4.28. The minimum atomic E-state index is 0.129. The first-order valence-electron chi connectivity index (χ1n) is 8.21. The number of carbonyl (C=O) groups is 1. The Kier molecular flexibility index (Phi) is 4.84. The van der Waals surface area contributed by atoms with Gasteiger partial charge in [0.05, 0.1) is 46.2 Å². The lowest BCUT2D eigenvalue weighted by Gasteiger charge is -2.27. The summed E-state index contributed by atoms with van der Waals surface area (Å²) in [7, 11) is 0. The number of nitrogens with zero attached hydrogens (tertiary/aromatic N) is 2. The third-order valence-corrected chi connectivity index (χ3v) is 6.57. The van der Waals surface area contributed by atoms with Gasteiger partial charge >= 0.3 is 0 Å². The molecule has 4 rings (SSSR count). The fourth-order valence-corrected chi connectivity index (χ4v) is 5.02. The van der Waals surface area contributed by atoms with Gasteiger partial charge in [-0.25, -0.2) is 0 Å². The van der Waals surface area contributed by atoms with Crippen molar-refractivity contribution in [2.45, 2.75) is 0 Å². The fraction of sp³-hybridized carbons (Fsp3) is 0.471. The van der Waals surface area contributed by atoms with Crippen molar-refractivity contribution >= 4 is 38.5 Å². The first-order chi connectivity index (χ1) is 11.8. The minimum Gasteiger partial charge on any atom is -0.378 e. The van der Waals surface area contributed by atoms with Crippen LogP contribution in [0.5, 0.6) is 0 Å². The Morgan fingerprint density at radius 3 is 1.58 bits per heavy atom. The summed E-state index contributed by atoms with van der Waals surface area (Å²) < 4.78 is 10.8. The van der Waals surface area contributed by atoms with Crippen LogP contribution in [0.15, 0.2) is 24.3 Å². The Balaban J connectivity index is 1.47. The zero-order valence-corrected chi connectivity index (χ0v) is 15.0. The van der Waals surface area contributed by atoms with E-state index in [1.165, 1.54) is 0 Å². The summed E-state index contributed by atoms with van der Waals surface area (Å²) in [5.74, 6) is 0.129. The van der Waals surface area contributed by atoms with Crippen LogP contribution in [0.4, 0.5) is 10.0 Å². The lowest BCUT2D eigenvalue weighted by atomic mass is 10.3. The zero-order chi connectivity index (χ0) is 16.4. The van der Waals surface area contributed by atoms with Crippen molar-refractivity contribution in [2.75, 3.05) is 62.4 Å². The predicted octanol–water partition coefficient (Wildman–Crippen LogP) is 2.71. The maximum atomic E-state index is 12.8. The number of hydrogen-bond acceptors (Lipinski definition) is 7. The van der Waals surface area contributed by atoms with Crippen LogP contribution in [-0.4, -0.2) is 58.4 Å². The molecule has 0 radical (unpaired) electrons. The molecule has 0 amide bonds. The van der Waals surface area contributed by atoms with Gasteiger partial charge in [-0.05, 0) is 24.3 Å². The van der Waals surface area contributed by atoms with E-state index in [-0.39, 0.29) is 5.78 Å². The number of ketones is 1. The molecule has 0 bridgehead atoms. The second-order valence-corrected chi connectivity index (χ2v) is 7.93. The van der Waals surface area contributed by atoms with E-state index in [1.54, 1.807) is 22.7 Å². The summed E-state index contributed by atoms with van der Waals surface area (Å²) in [6.07, 6.45) is 0. The first-order valence-corrected chi connectivity index (χ1v) is 9.84. The van der Waals surface area contributed by atoms with Gasteiger partial charge in [0.15, 0.2) is 0 Å². The number of hydrogen-bond donors (Lipinski definition) is 0. The number of anilines is 2. The van der Waals surface area contributed by atoms with Gasteiger partial charge in [0, 0.05) is 26.2 Å². The van der Waals surface area contributed by atoms with E-state index >= 15 is 0 Å². The molecule has 2 saturated heterocycles. The van der Waals surface area contributed by atoms with E-state index in [4.69, 9.17) is 9.47 Å². The average molecular weight is 364 g/mol. The van der Waals surface area contributed by atoms with Crippen molar-refractivity contribution in [1.29, 1.82) is 0 Å². The van der Waals surface area contributed by atoms with Crippen LogP contribution in [0, 0.1) is 0 Å². The number of thiophene rings is 2. The van der Waals surface area contributed by atoms with E-state index < -0.39 is 0 Å². The molecule has 0 N–H and O–H groups in total. The molecular formula is C17H20N2O3S2. The van der Waals surface area contributed by atoms with Crippen LogP contribution in [0.25, 0.3) is 0 Å². The molecule has 5 nitrogen and oxygen atoms in total. The molecule has 2 aliphatic rings. The summed E-state index contributed by atoms with van der Waals surface area (Å²) in [4.78, 5) is 19.0. The van der Waals surface area contributed by atoms with Gasteiger partial charge in [-0.3, -0.25) is 4.79 Å².